The minimum absolute atomic E-state index is 0.125. The molecule has 2 aliphatic rings. The largest absolute Gasteiger partial charge is 0.326 e. The van der Waals surface area contributed by atoms with E-state index in [0.717, 1.165) is 12.3 Å². The highest BCUT2D eigenvalue weighted by molar-refractivity contribution is 5.22. The Balaban J connectivity index is 1.84. The van der Waals surface area contributed by atoms with Crippen molar-refractivity contribution in [1.82, 2.24) is 4.90 Å². The minimum atomic E-state index is -0.169. The monoisotopic (exact) mass is 276 g/mol. The molecule has 0 bridgehead atoms. The molecular formula is C17H25FN2. The fourth-order valence-electron chi connectivity index (χ4n) is 3.06. The number of rotatable bonds is 7. The van der Waals surface area contributed by atoms with Crippen LogP contribution in [-0.4, -0.2) is 23.5 Å². The molecule has 2 fully saturated rings. The highest BCUT2D eigenvalue weighted by atomic mass is 19.1. The molecule has 0 heterocycles. The van der Waals surface area contributed by atoms with Crippen molar-refractivity contribution in [2.75, 3.05) is 6.54 Å². The van der Waals surface area contributed by atoms with E-state index in [2.05, 4.69) is 11.8 Å². The summed E-state index contributed by atoms with van der Waals surface area (Å²) in [4.78, 5) is 2.61. The topological polar surface area (TPSA) is 29.3 Å². The van der Waals surface area contributed by atoms with Crippen molar-refractivity contribution in [3.05, 3.63) is 35.6 Å². The van der Waals surface area contributed by atoms with Gasteiger partial charge < -0.3 is 5.73 Å². The molecule has 3 heteroatoms. The van der Waals surface area contributed by atoms with Gasteiger partial charge in [0.1, 0.15) is 5.82 Å². The number of nitrogens with two attached hydrogens (primary N) is 1. The van der Waals surface area contributed by atoms with Crippen LogP contribution in [0, 0.1) is 11.7 Å². The van der Waals surface area contributed by atoms with Crippen molar-refractivity contribution in [3.8, 4) is 0 Å². The molecule has 0 saturated heterocycles. The molecule has 110 valence electrons. The first-order valence-corrected chi connectivity index (χ1v) is 7.95. The first kappa shape index (κ1) is 14.0. The van der Waals surface area contributed by atoms with Crippen LogP contribution in [0.25, 0.3) is 0 Å². The van der Waals surface area contributed by atoms with E-state index in [9.17, 15) is 4.39 Å². The number of halogens is 1. The highest BCUT2D eigenvalue weighted by Gasteiger charge is 2.39. The molecule has 2 unspecified atom stereocenters. The molecular weight excluding hydrogens is 251 g/mol. The molecule has 2 nitrogen and oxygen atoms in total. The summed E-state index contributed by atoms with van der Waals surface area (Å²) in [6, 6.07) is 8.02. The molecule has 1 aromatic rings. The Morgan fingerprint density at radius 3 is 2.35 bits per heavy atom. The summed E-state index contributed by atoms with van der Waals surface area (Å²) in [5.74, 6) is 0.695. The van der Waals surface area contributed by atoms with Gasteiger partial charge in [-0.05, 0) is 55.7 Å². The third-order valence-corrected chi connectivity index (χ3v) is 4.63. The van der Waals surface area contributed by atoms with E-state index >= 15 is 0 Å². The zero-order chi connectivity index (χ0) is 14.1. The van der Waals surface area contributed by atoms with Crippen molar-refractivity contribution in [3.63, 3.8) is 0 Å². The number of benzene rings is 1. The molecule has 0 radical (unpaired) electrons. The van der Waals surface area contributed by atoms with Crippen molar-refractivity contribution in [2.45, 2.75) is 57.2 Å². The standard InChI is InChI=1S/C17H25FN2/c1-2-16(19)17(13-5-7-14(18)8-6-13)20(15-9-10-15)11-12-3-4-12/h5-8,12,15-17H,2-4,9-11,19H2,1H3. The van der Waals surface area contributed by atoms with Gasteiger partial charge in [0.15, 0.2) is 0 Å². The SMILES string of the molecule is CCC(N)C(c1ccc(F)cc1)N(CC1CC1)C1CC1. The van der Waals surface area contributed by atoms with Gasteiger partial charge >= 0.3 is 0 Å². The van der Waals surface area contributed by atoms with Crippen molar-refractivity contribution in [1.29, 1.82) is 0 Å². The van der Waals surface area contributed by atoms with E-state index < -0.39 is 0 Å². The molecule has 3 rings (SSSR count). The predicted octanol–water partition coefficient (Wildman–Crippen LogP) is 3.48. The maximum absolute atomic E-state index is 13.2. The maximum atomic E-state index is 13.2. The Labute approximate surface area is 121 Å². The molecule has 0 amide bonds. The Hall–Kier alpha value is -0.930. The van der Waals surface area contributed by atoms with Gasteiger partial charge in [-0.15, -0.1) is 0 Å². The van der Waals surface area contributed by atoms with E-state index in [1.165, 1.54) is 37.8 Å². The number of hydrogen-bond acceptors (Lipinski definition) is 2. The van der Waals surface area contributed by atoms with E-state index in [1.54, 1.807) is 12.1 Å². The zero-order valence-corrected chi connectivity index (χ0v) is 12.3. The lowest BCUT2D eigenvalue weighted by Gasteiger charge is -2.36. The van der Waals surface area contributed by atoms with Crippen LogP contribution in [0.5, 0.6) is 0 Å². The van der Waals surface area contributed by atoms with Crippen LogP contribution in [0.2, 0.25) is 0 Å². The van der Waals surface area contributed by atoms with Gasteiger partial charge in [0.05, 0.1) is 6.04 Å². The summed E-state index contributed by atoms with van der Waals surface area (Å²) in [5, 5.41) is 0. The van der Waals surface area contributed by atoms with Gasteiger partial charge in [-0.25, -0.2) is 4.39 Å². The second-order valence-electron chi connectivity index (χ2n) is 6.44. The normalized spacial score (nSPS) is 22.0. The summed E-state index contributed by atoms with van der Waals surface area (Å²) in [6.07, 6.45) is 6.26. The summed E-state index contributed by atoms with van der Waals surface area (Å²) in [5.41, 5.74) is 7.59. The maximum Gasteiger partial charge on any atom is 0.123 e. The van der Waals surface area contributed by atoms with E-state index in [1.807, 2.05) is 12.1 Å². The minimum Gasteiger partial charge on any atom is -0.326 e. The van der Waals surface area contributed by atoms with Crippen molar-refractivity contribution in [2.24, 2.45) is 11.7 Å². The van der Waals surface area contributed by atoms with Crippen LogP contribution in [0.15, 0.2) is 24.3 Å². The smallest absolute Gasteiger partial charge is 0.123 e. The summed E-state index contributed by atoms with van der Waals surface area (Å²) >= 11 is 0. The van der Waals surface area contributed by atoms with Gasteiger partial charge in [0, 0.05) is 18.6 Å². The van der Waals surface area contributed by atoms with Gasteiger partial charge in [0.25, 0.3) is 0 Å². The molecule has 2 saturated carbocycles. The lowest BCUT2D eigenvalue weighted by atomic mass is 9.95. The summed E-state index contributed by atoms with van der Waals surface area (Å²) in [6.45, 7) is 3.31. The van der Waals surface area contributed by atoms with E-state index in [0.29, 0.717) is 6.04 Å². The highest BCUT2D eigenvalue weighted by Crippen LogP contribution is 2.40. The average molecular weight is 276 g/mol. The lowest BCUT2D eigenvalue weighted by molar-refractivity contribution is 0.152. The van der Waals surface area contributed by atoms with Crippen LogP contribution in [-0.2, 0) is 0 Å². The second kappa shape index (κ2) is 5.82. The lowest BCUT2D eigenvalue weighted by Crippen LogP contribution is -2.43. The average Bonchev–Trinajstić information content (AvgIpc) is 3.32. The third kappa shape index (κ3) is 3.21. The fourth-order valence-corrected chi connectivity index (χ4v) is 3.06. The van der Waals surface area contributed by atoms with Crippen molar-refractivity contribution < 1.29 is 4.39 Å². The van der Waals surface area contributed by atoms with Gasteiger partial charge in [0.2, 0.25) is 0 Å². The van der Waals surface area contributed by atoms with Crippen LogP contribution >= 0.6 is 0 Å². The quantitative estimate of drug-likeness (QED) is 0.826. The Morgan fingerprint density at radius 2 is 1.85 bits per heavy atom. The van der Waals surface area contributed by atoms with Crippen LogP contribution in [0.4, 0.5) is 4.39 Å². The first-order valence-electron chi connectivity index (χ1n) is 7.95. The third-order valence-electron chi connectivity index (χ3n) is 4.63. The molecule has 2 N–H and O–H groups in total. The van der Waals surface area contributed by atoms with Gasteiger partial charge in [-0.1, -0.05) is 19.1 Å². The molecule has 0 aliphatic heterocycles. The van der Waals surface area contributed by atoms with Crippen LogP contribution < -0.4 is 5.73 Å². The predicted molar refractivity (Wildman–Crippen MR) is 79.9 cm³/mol. The molecule has 2 atom stereocenters. The Kier molecular flexibility index (Phi) is 4.08. The Bertz CT molecular complexity index is 437. The zero-order valence-electron chi connectivity index (χ0n) is 12.3. The molecule has 2 aliphatic carbocycles. The van der Waals surface area contributed by atoms with Gasteiger partial charge in [-0.3, -0.25) is 4.90 Å². The van der Waals surface area contributed by atoms with E-state index in [-0.39, 0.29) is 17.9 Å². The summed E-state index contributed by atoms with van der Waals surface area (Å²) in [7, 11) is 0. The van der Waals surface area contributed by atoms with Crippen molar-refractivity contribution >= 4 is 0 Å². The van der Waals surface area contributed by atoms with E-state index in [4.69, 9.17) is 5.73 Å². The van der Waals surface area contributed by atoms with Crippen LogP contribution in [0.1, 0.15) is 50.6 Å². The van der Waals surface area contributed by atoms with Gasteiger partial charge in [-0.2, -0.15) is 0 Å². The molecule has 0 spiro atoms. The number of hydrogen-bond donors (Lipinski definition) is 1. The molecule has 20 heavy (non-hydrogen) atoms. The second-order valence-corrected chi connectivity index (χ2v) is 6.44. The first-order chi connectivity index (χ1) is 9.69. The van der Waals surface area contributed by atoms with Crippen LogP contribution in [0.3, 0.4) is 0 Å². The molecule has 0 aromatic heterocycles. The Morgan fingerprint density at radius 1 is 1.20 bits per heavy atom. The number of nitrogens with zero attached hydrogens (tertiary/aromatic N) is 1. The fraction of sp³-hybridized carbons (Fsp3) is 0.647. The molecule has 1 aromatic carbocycles. The summed E-state index contributed by atoms with van der Waals surface area (Å²) < 4.78 is 13.2.